The topological polar surface area (TPSA) is 91.8 Å². The van der Waals surface area contributed by atoms with Gasteiger partial charge in [-0.25, -0.2) is 9.78 Å². The number of carboxylic acid groups (broad SMARTS) is 1. The van der Waals surface area contributed by atoms with Crippen molar-refractivity contribution in [2.24, 2.45) is 0 Å². The van der Waals surface area contributed by atoms with E-state index in [4.69, 9.17) is 4.84 Å². The van der Waals surface area contributed by atoms with Crippen LogP contribution >= 0.6 is 15.9 Å². The molecule has 0 aliphatic rings. The van der Waals surface area contributed by atoms with Crippen LogP contribution in [-0.2, 0) is 0 Å². The van der Waals surface area contributed by atoms with E-state index < -0.39 is 11.9 Å². The number of nitrogens with zero attached hydrogens (tertiary/aromatic N) is 2. The Kier molecular flexibility index (Phi) is 7.75. The second kappa shape index (κ2) is 10.0. The number of aromatic nitrogens is 1. The lowest BCUT2D eigenvalue weighted by atomic mass is 10.1. The first-order valence-corrected chi connectivity index (χ1v) is 9.47. The Labute approximate surface area is 166 Å². The lowest BCUT2D eigenvalue weighted by Crippen LogP contribution is -2.29. The highest BCUT2D eigenvalue weighted by Crippen LogP contribution is 2.22. The minimum Gasteiger partial charge on any atom is -0.478 e. The van der Waals surface area contributed by atoms with Crippen molar-refractivity contribution in [2.75, 3.05) is 18.4 Å². The Bertz CT molecular complexity index is 790. The Hall–Kier alpha value is -2.45. The van der Waals surface area contributed by atoms with Gasteiger partial charge in [0.1, 0.15) is 0 Å². The van der Waals surface area contributed by atoms with Crippen LogP contribution in [-0.4, -0.2) is 40.1 Å². The number of hydrogen-bond donors (Lipinski definition) is 2. The number of carboxylic acids is 1. The number of anilines is 1. The van der Waals surface area contributed by atoms with Crippen LogP contribution in [0.15, 0.2) is 41.0 Å². The van der Waals surface area contributed by atoms with Crippen LogP contribution in [0.4, 0.5) is 5.69 Å². The summed E-state index contributed by atoms with van der Waals surface area (Å²) < 4.78 is 0.616. The smallest absolute Gasteiger partial charge is 0.337 e. The van der Waals surface area contributed by atoms with Crippen molar-refractivity contribution in [3.8, 4) is 5.88 Å². The fraction of sp³-hybridized carbons (Fsp3) is 0.316. The van der Waals surface area contributed by atoms with Gasteiger partial charge < -0.3 is 15.3 Å². The quantitative estimate of drug-likeness (QED) is 0.573. The van der Waals surface area contributed by atoms with E-state index in [-0.39, 0.29) is 11.3 Å². The molecule has 0 radical (unpaired) electrons. The molecule has 8 heteroatoms. The van der Waals surface area contributed by atoms with Crippen molar-refractivity contribution < 1.29 is 19.5 Å². The molecule has 144 valence electrons. The van der Waals surface area contributed by atoms with Crippen LogP contribution in [0, 0.1) is 0 Å². The lowest BCUT2D eigenvalue weighted by molar-refractivity contribution is -0.0621. The molecule has 7 nitrogen and oxygen atoms in total. The summed E-state index contributed by atoms with van der Waals surface area (Å²) in [7, 11) is 0. The monoisotopic (exact) mass is 435 g/mol. The number of benzene rings is 1. The summed E-state index contributed by atoms with van der Waals surface area (Å²) in [6, 6.07) is 7.83. The molecule has 0 fully saturated rings. The Morgan fingerprint density at radius 2 is 1.89 bits per heavy atom. The molecular formula is C19H22BrN3O4. The molecule has 0 unspecified atom stereocenters. The van der Waals surface area contributed by atoms with Crippen LogP contribution in [0.25, 0.3) is 0 Å². The van der Waals surface area contributed by atoms with Gasteiger partial charge in [0.25, 0.3) is 5.91 Å². The predicted molar refractivity (Wildman–Crippen MR) is 106 cm³/mol. The molecule has 0 spiro atoms. The van der Waals surface area contributed by atoms with Gasteiger partial charge in [-0.2, -0.15) is 0 Å². The third kappa shape index (κ3) is 6.04. The zero-order valence-electron chi connectivity index (χ0n) is 15.2. The maximum atomic E-state index is 12.4. The molecule has 0 saturated heterocycles. The van der Waals surface area contributed by atoms with E-state index in [2.05, 4.69) is 40.1 Å². The number of halogens is 1. The van der Waals surface area contributed by atoms with Gasteiger partial charge in [0.05, 0.1) is 16.8 Å². The summed E-state index contributed by atoms with van der Waals surface area (Å²) in [5, 5.41) is 13.7. The molecular weight excluding hydrogens is 414 g/mol. The molecule has 0 atom stereocenters. The molecule has 1 amide bonds. The van der Waals surface area contributed by atoms with E-state index in [0.29, 0.717) is 15.9 Å². The predicted octanol–water partition coefficient (Wildman–Crippen LogP) is 4.21. The average molecular weight is 436 g/mol. The highest BCUT2D eigenvalue weighted by Gasteiger charge is 2.15. The molecule has 0 bridgehead atoms. The number of pyridine rings is 1. The fourth-order valence-electron chi connectivity index (χ4n) is 2.40. The molecule has 0 saturated carbocycles. The van der Waals surface area contributed by atoms with Gasteiger partial charge in [-0.3, -0.25) is 4.79 Å². The number of hydrogen-bond acceptors (Lipinski definition) is 5. The second-order valence-corrected chi connectivity index (χ2v) is 6.77. The molecule has 27 heavy (non-hydrogen) atoms. The zero-order valence-corrected chi connectivity index (χ0v) is 16.8. The molecule has 0 aliphatic heterocycles. The highest BCUT2D eigenvalue weighted by atomic mass is 79.9. The molecule has 1 heterocycles. The average Bonchev–Trinajstić information content (AvgIpc) is 2.64. The number of rotatable bonds is 9. The van der Waals surface area contributed by atoms with Gasteiger partial charge in [-0.15, -0.1) is 5.06 Å². The minimum absolute atomic E-state index is 0.000380. The first kappa shape index (κ1) is 20.9. The normalized spacial score (nSPS) is 10.7. The van der Waals surface area contributed by atoms with E-state index in [1.54, 1.807) is 18.2 Å². The number of nitrogens with one attached hydrogen (secondary N) is 1. The maximum absolute atomic E-state index is 12.4. The molecule has 2 aromatic rings. The summed E-state index contributed by atoms with van der Waals surface area (Å²) in [4.78, 5) is 33.6. The van der Waals surface area contributed by atoms with E-state index in [1.165, 1.54) is 18.3 Å². The minimum atomic E-state index is -1.12. The van der Waals surface area contributed by atoms with Gasteiger partial charge in [-0.1, -0.05) is 29.8 Å². The standard InChI is InChI=1S/C19H22BrN3O4/c1-3-9-23(10-4-2)27-17-8-5-13(12-21-17)18(24)22-16-7-6-14(20)11-15(16)19(25)26/h5-8,11-12H,3-4,9-10H2,1-2H3,(H,22,24)(H,25,26). The van der Waals surface area contributed by atoms with Gasteiger partial charge in [0, 0.05) is 29.8 Å². The van der Waals surface area contributed by atoms with Crippen LogP contribution in [0.1, 0.15) is 47.4 Å². The molecule has 1 aromatic heterocycles. The van der Waals surface area contributed by atoms with Crippen LogP contribution in [0.3, 0.4) is 0 Å². The molecule has 2 rings (SSSR count). The first-order valence-electron chi connectivity index (χ1n) is 8.67. The summed E-state index contributed by atoms with van der Waals surface area (Å²) >= 11 is 3.22. The van der Waals surface area contributed by atoms with E-state index >= 15 is 0 Å². The lowest BCUT2D eigenvalue weighted by Gasteiger charge is -2.20. The van der Waals surface area contributed by atoms with Crippen molar-refractivity contribution >= 4 is 33.5 Å². The zero-order chi connectivity index (χ0) is 19.8. The third-order valence-corrected chi connectivity index (χ3v) is 4.12. The fourth-order valence-corrected chi connectivity index (χ4v) is 2.76. The second-order valence-electron chi connectivity index (χ2n) is 5.85. The van der Waals surface area contributed by atoms with Crippen molar-refractivity contribution in [3.05, 3.63) is 52.1 Å². The van der Waals surface area contributed by atoms with E-state index in [0.717, 1.165) is 25.9 Å². The number of carbonyl (C=O) groups is 2. The van der Waals surface area contributed by atoms with Gasteiger partial charge in [0.15, 0.2) is 0 Å². The number of aromatic carboxylic acids is 1. The number of hydroxylamine groups is 2. The maximum Gasteiger partial charge on any atom is 0.337 e. The number of amides is 1. The summed E-state index contributed by atoms with van der Waals surface area (Å²) in [6.07, 6.45) is 3.32. The van der Waals surface area contributed by atoms with Gasteiger partial charge >= 0.3 is 5.97 Å². The Morgan fingerprint density at radius 1 is 1.19 bits per heavy atom. The highest BCUT2D eigenvalue weighted by molar-refractivity contribution is 9.10. The van der Waals surface area contributed by atoms with Crippen LogP contribution < -0.4 is 10.2 Å². The Balaban J connectivity index is 2.09. The molecule has 0 aliphatic carbocycles. The van der Waals surface area contributed by atoms with Gasteiger partial charge in [0.2, 0.25) is 5.88 Å². The van der Waals surface area contributed by atoms with Crippen molar-refractivity contribution in [1.29, 1.82) is 0 Å². The largest absolute Gasteiger partial charge is 0.478 e. The SMILES string of the molecule is CCCN(CCC)Oc1ccc(C(=O)Nc2ccc(Br)cc2C(=O)O)cn1. The summed E-state index contributed by atoms with van der Waals surface area (Å²) in [5.41, 5.74) is 0.521. The summed E-state index contributed by atoms with van der Waals surface area (Å²) in [5.74, 6) is -1.17. The summed E-state index contributed by atoms with van der Waals surface area (Å²) in [6.45, 7) is 5.72. The van der Waals surface area contributed by atoms with Crippen molar-refractivity contribution in [2.45, 2.75) is 26.7 Å². The molecule has 1 aromatic carbocycles. The number of carbonyl (C=O) groups excluding carboxylic acids is 1. The third-order valence-electron chi connectivity index (χ3n) is 3.63. The van der Waals surface area contributed by atoms with Crippen molar-refractivity contribution in [1.82, 2.24) is 10.0 Å². The van der Waals surface area contributed by atoms with Crippen molar-refractivity contribution in [3.63, 3.8) is 0 Å². The Morgan fingerprint density at radius 3 is 2.44 bits per heavy atom. The van der Waals surface area contributed by atoms with E-state index in [1.807, 2.05) is 5.06 Å². The van der Waals surface area contributed by atoms with E-state index in [9.17, 15) is 14.7 Å². The van der Waals surface area contributed by atoms with Crippen LogP contribution in [0.5, 0.6) is 5.88 Å². The van der Waals surface area contributed by atoms with Crippen LogP contribution in [0.2, 0.25) is 0 Å². The van der Waals surface area contributed by atoms with Gasteiger partial charge in [-0.05, 0) is 37.1 Å². The first-order chi connectivity index (χ1) is 12.9. The molecule has 2 N–H and O–H groups in total.